The average Bonchev–Trinajstić information content (AvgIpc) is 2.73. The highest BCUT2D eigenvalue weighted by Crippen LogP contribution is 2.42. The van der Waals surface area contributed by atoms with Crippen molar-refractivity contribution in [2.24, 2.45) is 11.1 Å². The van der Waals surface area contributed by atoms with Crippen molar-refractivity contribution in [1.29, 1.82) is 0 Å². The molecule has 0 radical (unpaired) electrons. The van der Waals surface area contributed by atoms with Crippen molar-refractivity contribution >= 4 is 17.5 Å². The fraction of sp³-hybridized carbons (Fsp3) is 0.533. The molecule has 0 spiro atoms. The molecule has 1 heterocycles. The summed E-state index contributed by atoms with van der Waals surface area (Å²) in [5.74, 6) is -1.04. The van der Waals surface area contributed by atoms with Crippen molar-refractivity contribution < 1.29 is 19.1 Å². The summed E-state index contributed by atoms with van der Waals surface area (Å²) in [4.78, 5) is 47.8. The number of ether oxygens (including phenoxy) is 1. The minimum absolute atomic E-state index is 0.0172. The number of ketones is 2. The van der Waals surface area contributed by atoms with E-state index in [1.165, 1.54) is 0 Å². The van der Waals surface area contributed by atoms with Gasteiger partial charge in [-0.3, -0.25) is 9.59 Å². The van der Waals surface area contributed by atoms with E-state index in [1.54, 1.807) is 13.0 Å². The highest BCUT2D eigenvalue weighted by atomic mass is 16.5. The van der Waals surface area contributed by atoms with Crippen LogP contribution in [0.1, 0.15) is 32.6 Å². The Hall–Kier alpha value is -2.11. The number of nitrogens with zero attached hydrogens (tertiary/aromatic N) is 1. The third kappa shape index (κ3) is 1.81. The topological polar surface area (TPSA) is 89.9 Å². The van der Waals surface area contributed by atoms with Crippen LogP contribution in [0, 0.1) is 10.8 Å². The lowest BCUT2D eigenvalue weighted by atomic mass is 9.81. The van der Waals surface area contributed by atoms with E-state index in [4.69, 9.17) is 4.74 Å². The van der Waals surface area contributed by atoms with Crippen LogP contribution in [0.2, 0.25) is 0 Å². The number of cyclic esters (lactones) is 1. The predicted molar refractivity (Wildman–Crippen MR) is 72.2 cm³/mol. The van der Waals surface area contributed by atoms with Crippen molar-refractivity contribution in [3.63, 3.8) is 0 Å². The van der Waals surface area contributed by atoms with Crippen molar-refractivity contribution in [3.05, 3.63) is 27.7 Å². The third-order valence-corrected chi connectivity index (χ3v) is 4.67. The second-order valence-electron chi connectivity index (χ2n) is 5.66. The van der Waals surface area contributed by atoms with E-state index >= 15 is 0 Å². The minimum Gasteiger partial charge on any atom is -0.459 e. The number of esters is 1. The van der Waals surface area contributed by atoms with Gasteiger partial charge in [-0.05, 0) is 35.6 Å². The molecule has 0 bridgehead atoms. The molecule has 0 amide bonds. The zero-order valence-electron chi connectivity index (χ0n) is 11.7. The number of hydrogen-bond acceptors (Lipinski definition) is 6. The maximum Gasteiger partial charge on any atom is 0.342 e. The predicted octanol–water partition coefficient (Wildman–Crippen LogP) is 1.63. The van der Waals surface area contributed by atoms with Gasteiger partial charge in [-0.1, -0.05) is 6.92 Å². The molecule has 0 aromatic rings. The number of Topliss-reactive ketones (excluding diaryl/α,β-unsaturated/α-hetero) is 2. The highest BCUT2D eigenvalue weighted by Gasteiger charge is 2.50. The van der Waals surface area contributed by atoms with Crippen molar-refractivity contribution in [2.75, 3.05) is 6.61 Å². The lowest BCUT2D eigenvalue weighted by Gasteiger charge is -2.30. The summed E-state index contributed by atoms with van der Waals surface area (Å²) in [6, 6.07) is 0. The van der Waals surface area contributed by atoms with Crippen molar-refractivity contribution in [2.45, 2.75) is 38.1 Å². The maximum atomic E-state index is 12.4. The van der Waals surface area contributed by atoms with E-state index in [2.05, 4.69) is 5.18 Å². The van der Waals surface area contributed by atoms with E-state index in [9.17, 15) is 19.3 Å². The number of carbonyl (C=O) groups is 3. The minimum atomic E-state index is -1.70. The van der Waals surface area contributed by atoms with Gasteiger partial charge in [0.15, 0.2) is 11.6 Å². The number of carbonyl (C=O) groups excluding carboxylic acids is 3. The Balaban J connectivity index is 2.23. The molecule has 1 aliphatic heterocycles. The second kappa shape index (κ2) is 4.72. The molecule has 110 valence electrons. The molecule has 1 unspecified atom stereocenters. The van der Waals surface area contributed by atoms with E-state index in [0.29, 0.717) is 24.0 Å². The van der Waals surface area contributed by atoms with Crippen LogP contribution in [0.4, 0.5) is 0 Å². The average molecular weight is 289 g/mol. The molecule has 21 heavy (non-hydrogen) atoms. The molecule has 0 saturated heterocycles. The molecule has 0 aromatic heterocycles. The zero-order valence-corrected chi connectivity index (χ0v) is 11.7. The molecule has 6 heteroatoms. The largest absolute Gasteiger partial charge is 0.459 e. The Morgan fingerprint density at radius 3 is 2.76 bits per heavy atom. The Kier molecular flexibility index (Phi) is 3.11. The lowest BCUT2D eigenvalue weighted by Crippen LogP contribution is -2.44. The Morgan fingerprint density at radius 2 is 2.10 bits per heavy atom. The van der Waals surface area contributed by atoms with Crippen LogP contribution < -0.4 is 0 Å². The molecule has 0 aromatic carbocycles. The van der Waals surface area contributed by atoms with E-state index in [0.717, 1.165) is 0 Å². The quantitative estimate of drug-likeness (QED) is 0.569. The van der Waals surface area contributed by atoms with Gasteiger partial charge in [-0.2, -0.15) is 0 Å². The van der Waals surface area contributed by atoms with Crippen LogP contribution >= 0.6 is 0 Å². The fourth-order valence-electron chi connectivity index (χ4n) is 3.36. The molecule has 2 aliphatic carbocycles. The first kappa shape index (κ1) is 13.9. The second-order valence-corrected chi connectivity index (χ2v) is 5.66. The molecule has 1 fully saturated rings. The molecular formula is C15H15NO5. The van der Waals surface area contributed by atoms with Crippen LogP contribution in [-0.2, 0) is 19.1 Å². The number of nitroso groups, excluding NO2 is 1. The standard InChI is InChI=1S/C15H15NO5/c1-2-15(16-20)11-6-9-8(3-4-12(9)17)5-13(18)10(11)7-21-14(15)19/h6,8H,2-5,7H2,1H3/t8?,15-/m0/s1. The number of rotatable bonds is 2. The first-order valence-electron chi connectivity index (χ1n) is 7.07. The first-order valence-corrected chi connectivity index (χ1v) is 7.07. The molecule has 3 aliphatic rings. The first-order chi connectivity index (χ1) is 10.0. The van der Waals surface area contributed by atoms with Crippen molar-refractivity contribution in [3.8, 4) is 0 Å². The summed E-state index contributed by atoms with van der Waals surface area (Å²) in [5, 5.41) is 2.99. The Morgan fingerprint density at radius 1 is 1.33 bits per heavy atom. The Labute approximate surface area is 121 Å². The smallest absolute Gasteiger partial charge is 0.342 e. The lowest BCUT2D eigenvalue weighted by molar-refractivity contribution is -0.149. The summed E-state index contributed by atoms with van der Waals surface area (Å²) in [6.45, 7) is 1.50. The molecule has 2 atom stereocenters. The molecule has 6 nitrogen and oxygen atoms in total. The van der Waals surface area contributed by atoms with E-state index in [1.807, 2.05) is 0 Å². The van der Waals surface area contributed by atoms with Gasteiger partial charge in [0, 0.05) is 24.0 Å². The monoisotopic (exact) mass is 289 g/mol. The van der Waals surface area contributed by atoms with Gasteiger partial charge >= 0.3 is 5.97 Å². The maximum absolute atomic E-state index is 12.4. The van der Waals surface area contributed by atoms with Gasteiger partial charge < -0.3 is 4.74 Å². The van der Waals surface area contributed by atoms with Crippen LogP contribution in [0.5, 0.6) is 0 Å². The van der Waals surface area contributed by atoms with Gasteiger partial charge in [0.25, 0.3) is 0 Å². The number of fused-ring (bicyclic) bond motifs is 1. The summed E-state index contributed by atoms with van der Waals surface area (Å²) in [5.41, 5.74) is -0.571. The van der Waals surface area contributed by atoms with Gasteiger partial charge in [-0.15, -0.1) is 4.91 Å². The molecular weight excluding hydrogens is 274 g/mol. The summed E-state index contributed by atoms with van der Waals surface area (Å²) in [7, 11) is 0. The van der Waals surface area contributed by atoms with Crippen LogP contribution in [-0.4, -0.2) is 29.7 Å². The van der Waals surface area contributed by atoms with Gasteiger partial charge in [-0.25, -0.2) is 4.79 Å². The van der Waals surface area contributed by atoms with Crippen molar-refractivity contribution in [1.82, 2.24) is 0 Å². The molecule has 0 N–H and O–H groups in total. The number of hydrogen-bond donors (Lipinski definition) is 0. The Bertz CT molecular complexity index is 630. The SMILES string of the molecule is CC[C@@]1(N=O)C(=O)OCC2=C1C=C1C(=O)CCC1CC2=O. The number of allylic oxidation sites excluding steroid dienone is 1. The molecule has 1 saturated carbocycles. The van der Waals surface area contributed by atoms with E-state index in [-0.39, 0.29) is 42.5 Å². The van der Waals surface area contributed by atoms with Crippen LogP contribution in [0.3, 0.4) is 0 Å². The fourth-order valence-corrected chi connectivity index (χ4v) is 3.36. The normalized spacial score (nSPS) is 32.1. The van der Waals surface area contributed by atoms with Gasteiger partial charge in [0.05, 0.1) is 0 Å². The van der Waals surface area contributed by atoms with Crippen LogP contribution in [0.15, 0.2) is 28.0 Å². The summed E-state index contributed by atoms with van der Waals surface area (Å²) < 4.78 is 4.99. The van der Waals surface area contributed by atoms with Gasteiger partial charge in [0.2, 0.25) is 5.54 Å². The van der Waals surface area contributed by atoms with Gasteiger partial charge in [0.1, 0.15) is 6.61 Å². The van der Waals surface area contributed by atoms with E-state index < -0.39 is 11.5 Å². The third-order valence-electron chi connectivity index (χ3n) is 4.67. The summed E-state index contributed by atoms with van der Waals surface area (Å²) in [6.07, 6.45) is 2.94. The zero-order chi connectivity index (χ0) is 15.2. The molecule has 3 rings (SSSR count). The highest BCUT2D eigenvalue weighted by molar-refractivity contribution is 6.07. The van der Waals surface area contributed by atoms with Crippen LogP contribution in [0.25, 0.3) is 0 Å². The summed E-state index contributed by atoms with van der Waals surface area (Å²) >= 11 is 0.